The molecule has 0 bridgehead atoms. The van der Waals surface area contributed by atoms with Gasteiger partial charge in [-0.15, -0.1) is 5.10 Å². The number of benzene rings is 1. The Morgan fingerprint density at radius 1 is 1.25 bits per heavy atom. The molecular formula is C13H15F2N5. The second-order valence-electron chi connectivity index (χ2n) is 5.70. The average Bonchev–Trinajstić information content (AvgIpc) is 3.13. The van der Waals surface area contributed by atoms with E-state index in [1.54, 1.807) is 4.68 Å². The minimum absolute atomic E-state index is 0.114. The molecule has 2 N–H and O–H groups in total. The van der Waals surface area contributed by atoms with Gasteiger partial charge in [0, 0.05) is 6.07 Å². The van der Waals surface area contributed by atoms with Crippen LogP contribution in [0.2, 0.25) is 0 Å². The van der Waals surface area contributed by atoms with E-state index in [0.29, 0.717) is 5.92 Å². The molecule has 0 amide bonds. The molecule has 0 unspecified atom stereocenters. The van der Waals surface area contributed by atoms with Crippen molar-refractivity contribution in [2.45, 2.75) is 32.2 Å². The van der Waals surface area contributed by atoms with E-state index in [4.69, 9.17) is 5.73 Å². The maximum Gasteiger partial charge on any atom is 0.185 e. The lowest BCUT2D eigenvalue weighted by atomic mass is 9.98. The number of anilines is 1. The third-order valence-corrected chi connectivity index (χ3v) is 3.92. The van der Waals surface area contributed by atoms with Crippen LogP contribution in [0.15, 0.2) is 12.1 Å². The van der Waals surface area contributed by atoms with E-state index in [-0.39, 0.29) is 22.6 Å². The summed E-state index contributed by atoms with van der Waals surface area (Å²) >= 11 is 0. The van der Waals surface area contributed by atoms with Gasteiger partial charge in [-0.05, 0) is 49.1 Å². The van der Waals surface area contributed by atoms with Crippen LogP contribution in [-0.2, 0) is 5.54 Å². The predicted octanol–water partition coefficient (Wildman–Crippen LogP) is 2.35. The third-order valence-electron chi connectivity index (χ3n) is 3.92. The van der Waals surface area contributed by atoms with Gasteiger partial charge in [0.1, 0.15) is 11.6 Å². The first-order valence-corrected chi connectivity index (χ1v) is 6.45. The molecule has 0 spiro atoms. The van der Waals surface area contributed by atoms with Crippen LogP contribution < -0.4 is 5.73 Å². The predicted molar refractivity (Wildman–Crippen MR) is 69.6 cm³/mol. The smallest absolute Gasteiger partial charge is 0.185 e. The van der Waals surface area contributed by atoms with Gasteiger partial charge in [0.05, 0.1) is 16.8 Å². The van der Waals surface area contributed by atoms with Crippen LogP contribution in [0.5, 0.6) is 0 Å². The number of halogens is 2. The molecule has 0 radical (unpaired) electrons. The molecule has 0 saturated heterocycles. The number of nitrogens with zero attached hydrogens (tertiary/aromatic N) is 4. The molecule has 0 atom stereocenters. The summed E-state index contributed by atoms with van der Waals surface area (Å²) in [5.74, 6) is -0.775. The van der Waals surface area contributed by atoms with E-state index >= 15 is 0 Å². The number of aromatic nitrogens is 4. The Bertz CT molecular complexity index is 661. The summed E-state index contributed by atoms with van der Waals surface area (Å²) in [5.41, 5.74) is 5.18. The summed E-state index contributed by atoms with van der Waals surface area (Å²) in [6, 6.07) is 1.99. The topological polar surface area (TPSA) is 69.6 Å². The third kappa shape index (κ3) is 1.93. The van der Waals surface area contributed by atoms with E-state index < -0.39 is 11.6 Å². The second kappa shape index (κ2) is 4.22. The highest BCUT2D eigenvalue weighted by Crippen LogP contribution is 2.44. The summed E-state index contributed by atoms with van der Waals surface area (Å²) in [6.45, 7) is 4.02. The van der Waals surface area contributed by atoms with E-state index in [0.717, 1.165) is 18.9 Å². The maximum absolute atomic E-state index is 14.0. The average molecular weight is 279 g/mol. The molecule has 3 rings (SSSR count). The van der Waals surface area contributed by atoms with Crippen molar-refractivity contribution in [3.8, 4) is 11.4 Å². The van der Waals surface area contributed by atoms with Gasteiger partial charge in [0.2, 0.25) is 0 Å². The summed E-state index contributed by atoms with van der Waals surface area (Å²) in [6.07, 6.45) is 2.20. The van der Waals surface area contributed by atoms with Gasteiger partial charge < -0.3 is 5.73 Å². The summed E-state index contributed by atoms with van der Waals surface area (Å²) in [7, 11) is 0. The van der Waals surface area contributed by atoms with Crippen LogP contribution in [0.25, 0.3) is 11.4 Å². The first kappa shape index (κ1) is 13.0. The standard InChI is InChI=1S/C13H15F2N5/c1-13(2,7-3-4-7)20-12(17-18-19-20)8-5-11(16)10(15)6-9(8)14/h5-7H,3-4,16H2,1-2H3. The quantitative estimate of drug-likeness (QED) is 0.875. The summed E-state index contributed by atoms with van der Waals surface area (Å²) in [4.78, 5) is 0. The molecule has 1 aromatic carbocycles. The molecule has 2 aromatic rings. The highest BCUT2D eigenvalue weighted by molar-refractivity contribution is 5.62. The van der Waals surface area contributed by atoms with Crippen molar-refractivity contribution in [3.05, 3.63) is 23.8 Å². The first-order chi connectivity index (χ1) is 9.41. The monoisotopic (exact) mass is 279 g/mol. The normalized spacial score (nSPS) is 15.6. The molecule has 20 heavy (non-hydrogen) atoms. The number of nitrogen functional groups attached to an aromatic ring is 1. The van der Waals surface area contributed by atoms with Gasteiger partial charge in [-0.2, -0.15) is 0 Å². The van der Waals surface area contributed by atoms with Crippen LogP contribution in [0.4, 0.5) is 14.5 Å². The Kier molecular flexibility index (Phi) is 2.74. The highest BCUT2D eigenvalue weighted by atomic mass is 19.1. The molecule has 1 aromatic heterocycles. The van der Waals surface area contributed by atoms with Crippen molar-refractivity contribution in [3.63, 3.8) is 0 Å². The van der Waals surface area contributed by atoms with E-state index in [2.05, 4.69) is 15.5 Å². The van der Waals surface area contributed by atoms with Crippen LogP contribution >= 0.6 is 0 Å². The molecule has 1 aliphatic rings. The van der Waals surface area contributed by atoms with Crippen LogP contribution in [0.3, 0.4) is 0 Å². The zero-order valence-corrected chi connectivity index (χ0v) is 11.3. The fourth-order valence-corrected chi connectivity index (χ4v) is 2.44. The number of rotatable bonds is 3. The molecule has 1 saturated carbocycles. The van der Waals surface area contributed by atoms with E-state index in [1.165, 1.54) is 6.07 Å². The van der Waals surface area contributed by atoms with E-state index in [1.807, 2.05) is 13.8 Å². The molecule has 1 heterocycles. The van der Waals surface area contributed by atoms with Crippen molar-refractivity contribution >= 4 is 5.69 Å². The highest BCUT2D eigenvalue weighted by Gasteiger charge is 2.42. The van der Waals surface area contributed by atoms with Crippen molar-refractivity contribution in [1.82, 2.24) is 20.2 Å². The Morgan fingerprint density at radius 3 is 2.60 bits per heavy atom. The van der Waals surface area contributed by atoms with Crippen LogP contribution in [0.1, 0.15) is 26.7 Å². The maximum atomic E-state index is 14.0. The Labute approximate surface area is 114 Å². The number of tetrazole rings is 1. The molecule has 7 heteroatoms. The van der Waals surface area contributed by atoms with Gasteiger partial charge in [0.25, 0.3) is 0 Å². The second-order valence-corrected chi connectivity index (χ2v) is 5.70. The SMILES string of the molecule is CC(C)(C1CC1)n1nnnc1-c1cc(N)c(F)cc1F. The summed E-state index contributed by atoms with van der Waals surface area (Å²) < 4.78 is 28.8. The largest absolute Gasteiger partial charge is 0.396 e. The Balaban J connectivity index is 2.12. The van der Waals surface area contributed by atoms with E-state index in [9.17, 15) is 8.78 Å². The molecule has 0 aliphatic heterocycles. The summed E-state index contributed by atoms with van der Waals surface area (Å²) in [5, 5.41) is 11.5. The Morgan fingerprint density at radius 2 is 1.95 bits per heavy atom. The van der Waals surface area contributed by atoms with Crippen molar-refractivity contribution < 1.29 is 8.78 Å². The van der Waals surface area contributed by atoms with Gasteiger partial charge in [0.15, 0.2) is 5.82 Å². The minimum atomic E-state index is -0.785. The molecule has 1 aliphatic carbocycles. The lowest BCUT2D eigenvalue weighted by molar-refractivity contribution is 0.271. The van der Waals surface area contributed by atoms with Crippen molar-refractivity contribution in [2.24, 2.45) is 5.92 Å². The van der Waals surface area contributed by atoms with Crippen molar-refractivity contribution in [2.75, 3.05) is 5.73 Å². The zero-order chi connectivity index (χ0) is 14.5. The Hall–Kier alpha value is -2.05. The number of hydrogen-bond donors (Lipinski definition) is 1. The fourth-order valence-electron chi connectivity index (χ4n) is 2.44. The molecule has 106 valence electrons. The molecule has 1 fully saturated rings. The molecular weight excluding hydrogens is 264 g/mol. The van der Waals surface area contributed by atoms with Crippen molar-refractivity contribution in [1.29, 1.82) is 0 Å². The number of nitrogens with two attached hydrogens (primary N) is 1. The van der Waals surface area contributed by atoms with Gasteiger partial charge in [-0.3, -0.25) is 0 Å². The minimum Gasteiger partial charge on any atom is -0.396 e. The van der Waals surface area contributed by atoms with Gasteiger partial charge in [-0.25, -0.2) is 13.5 Å². The lowest BCUT2D eigenvalue weighted by Gasteiger charge is -2.25. The van der Waals surface area contributed by atoms with Gasteiger partial charge in [-0.1, -0.05) is 0 Å². The van der Waals surface area contributed by atoms with Crippen LogP contribution in [-0.4, -0.2) is 20.2 Å². The number of hydrogen-bond acceptors (Lipinski definition) is 4. The first-order valence-electron chi connectivity index (χ1n) is 6.45. The van der Waals surface area contributed by atoms with Gasteiger partial charge >= 0.3 is 0 Å². The molecule has 5 nitrogen and oxygen atoms in total. The zero-order valence-electron chi connectivity index (χ0n) is 11.3. The van der Waals surface area contributed by atoms with Crippen LogP contribution in [0, 0.1) is 17.6 Å². The lowest BCUT2D eigenvalue weighted by Crippen LogP contribution is -2.31. The fraction of sp³-hybridized carbons (Fsp3) is 0.462.